The van der Waals surface area contributed by atoms with E-state index in [0.717, 1.165) is 25.1 Å². The Bertz CT molecular complexity index is 1260. The van der Waals surface area contributed by atoms with Crippen molar-refractivity contribution >= 4 is 22.4 Å². The lowest BCUT2D eigenvalue weighted by molar-refractivity contribution is -0.122. The summed E-state index contributed by atoms with van der Waals surface area (Å²) in [4.78, 5) is 41.6. The number of aromatic nitrogens is 4. The van der Waals surface area contributed by atoms with Crippen LogP contribution in [0.3, 0.4) is 0 Å². The maximum Gasteiger partial charge on any atom is 0.258 e. The van der Waals surface area contributed by atoms with E-state index >= 15 is 0 Å². The Morgan fingerprint density at radius 3 is 2.71 bits per heavy atom. The monoisotopic (exact) mass is 492 g/mol. The predicted molar refractivity (Wildman–Crippen MR) is 132 cm³/mol. The Labute approximate surface area is 206 Å². The molecule has 5 heterocycles. The molecule has 0 unspecified atom stereocenters. The van der Waals surface area contributed by atoms with Gasteiger partial charge in [0.05, 0.1) is 17.6 Å². The number of fused-ring (bicyclic) bond motifs is 3. The molecule has 9 nitrogen and oxygen atoms in total. The van der Waals surface area contributed by atoms with Crippen LogP contribution < -0.4 is 10.9 Å². The molecule has 3 aromatic heterocycles. The third-order valence-electron chi connectivity index (χ3n) is 7.94. The van der Waals surface area contributed by atoms with Crippen LogP contribution in [-0.4, -0.2) is 54.6 Å². The number of nitrogens with one attached hydrogen (secondary N) is 1. The fourth-order valence-corrected chi connectivity index (χ4v) is 6.96. The van der Waals surface area contributed by atoms with Gasteiger partial charge in [0.2, 0.25) is 5.91 Å². The van der Waals surface area contributed by atoms with Crippen LogP contribution in [0, 0.1) is 17.8 Å². The largest absolute Gasteiger partial charge is 0.396 e. The molecule has 10 heteroatoms. The molecule has 3 aromatic rings. The van der Waals surface area contributed by atoms with Crippen LogP contribution in [0.4, 0.5) is 5.13 Å². The lowest BCUT2D eigenvalue weighted by Crippen LogP contribution is -2.47. The molecule has 3 aliphatic rings. The number of thiazole rings is 1. The SMILES string of the molecule is O=C(Nc1nccs1)[C@H]1[C@H](CO)[C@H]2Cn3c(ccc(-c4cncnc4)c3=O)[C@H]2N1CC1CCCC1. The van der Waals surface area contributed by atoms with Crippen LogP contribution in [0.2, 0.25) is 0 Å². The average molecular weight is 493 g/mol. The van der Waals surface area contributed by atoms with Crippen molar-refractivity contribution in [1.82, 2.24) is 24.4 Å². The van der Waals surface area contributed by atoms with Crippen LogP contribution in [0.25, 0.3) is 11.1 Å². The summed E-state index contributed by atoms with van der Waals surface area (Å²) < 4.78 is 1.83. The highest BCUT2D eigenvalue weighted by atomic mass is 32.1. The van der Waals surface area contributed by atoms with Gasteiger partial charge in [-0.05, 0) is 30.9 Å². The van der Waals surface area contributed by atoms with Crippen molar-refractivity contribution < 1.29 is 9.90 Å². The van der Waals surface area contributed by atoms with Crippen molar-refractivity contribution in [2.75, 3.05) is 18.5 Å². The average Bonchev–Trinajstić information content (AvgIpc) is 3.66. The molecule has 1 amide bonds. The first-order valence-corrected chi connectivity index (χ1v) is 13.1. The first-order chi connectivity index (χ1) is 17.2. The van der Waals surface area contributed by atoms with Gasteiger partial charge in [0, 0.05) is 66.8 Å². The zero-order valence-corrected chi connectivity index (χ0v) is 20.1. The first kappa shape index (κ1) is 22.5. The second kappa shape index (κ2) is 9.25. The summed E-state index contributed by atoms with van der Waals surface area (Å²) in [5.74, 6) is 0.0933. The Hall–Kier alpha value is -2.95. The van der Waals surface area contributed by atoms with E-state index in [1.54, 1.807) is 18.6 Å². The standard InChI is InChI=1S/C25H28N6O3S/c32-13-19-18-12-30-20(6-5-17(24(30)34)16-9-26-14-27-10-16)21(18)31(11-15-3-1-2-4-15)22(19)23(33)29-25-28-7-8-35-25/h5-10,14-15,18-19,21-22,32H,1-4,11-13H2,(H,28,29,33)/t18-,19-,21+,22-/m1/s1. The molecular formula is C25H28N6O3S. The quantitative estimate of drug-likeness (QED) is 0.544. The minimum absolute atomic E-state index is 0.0246. The van der Waals surface area contributed by atoms with Gasteiger partial charge in [0.15, 0.2) is 5.13 Å². The minimum atomic E-state index is -0.467. The number of amides is 1. The van der Waals surface area contributed by atoms with Crippen LogP contribution in [0.1, 0.15) is 37.4 Å². The van der Waals surface area contributed by atoms with Crippen LogP contribution in [0.5, 0.6) is 0 Å². The number of likely N-dealkylation sites (tertiary alicyclic amines) is 1. The van der Waals surface area contributed by atoms with Crippen LogP contribution in [0.15, 0.2) is 47.2 Å². The van der Waals surface area contributed by atoms with Gasteiger partial charge in [-0.25, -0.2) is 15.0 Å². The molecule has 182 valence electrons. The van der Waals surface area contributed by atoms with E-state index in [1.807, 2.05) is 22.1 Å². The summed E-state index contributed by atoms with van der Waals surface area (Å²) in [6.45, 7) is 1.16. The van der Waals surface area contributed by atoms with Crippen molar-refractivity contribution in [3.8, 4) is 11.1 Å². The summed E-state index contributed by atoms with van der Waals surface area (Å²) in [6, 6.07) is 3.30. The van der Waals surface area contributed by atoms with Gasteiger partial charge in [-0.1, -0.05) is 12.8 Å². The molecule has 2 fully saturated rings. The van der Waals surface area contributed by atoms with E-state index in [1.165, 1.54) is 30.5 Å². The molecule has 2 N–H and O–H groups in total. The van der Waals surface area contributed by atoms with Gasteiger partial charge in [0.25, 0.3) is 5.56 Å². The highest BCUT2D eigenvalue weighted by Crippen LogP contribution is 2.50. The number of pyridine rings is 1. The van der Waals surface area contributed by atoms with E-state index in [-0.39, 0.29) is 36.0 Å². The summed E-state index contributed by atoms with van der Waals surface area (Å²) in [7, 11) is 0. The maximum atomic E-state index is 13.5. The molecular weight excluding hydrogens is 464 g/mol. The number of aliphatic hydroxyl groups is 1. The van der Waals surface area contributed by atoms with Crippen LogP contribution in [-0.2, 0) is 11.3 Å². The number of hydrogen-bond donors (Lipinski definition) is 2. The van der Waals surface area contributed by atoms with Gasteiger partial charge in [-0.15, -0.1) is 11.3 Å². The first-order valence-electron chi connectivity index (χ1n) is 12.2. The van der Waals surface area contributed by atoms with E-state index < -0.39 is 6.04 Å². The summed E-state index contributed by atoms with van der Waals surface area (Å²) in [5, 5.41) is 15.9. The zero-order valence-electron chi connectivity index (χ0n) is 19.3. The Morgan fingerprint density at radius 1 is 1.20 bits per heavy atom. The molecule has 0 radical (unpaired) electrons. The highest BCUT2D eigenvalue weighted by Gasteiger charge is 2.56. The Morgan fingerprint density at radius 2 is 2.00 bits per heavy atom. The third-order valence-corrected chi connectivity index (χ3v) is 8.63. The van der Waals surface area contributed by atoms with Gasteiger partial charge in [-0.2, -0.15) is 0 Å². The predicted octanol–water partition coefficient (Wildman–Crippen LogP) is 2.55. The van der Waals surface area contributed by atoms with E-state index in [4.69, 9.17) is 0 Å². The number of carbonyl (C=O) groups is 1. The Kier molecular flexibility index (Phi) is 5.95. The van der Waals surface area contributed by atoms with Crippen molar-refractivity contribution in [3.63, 3.8) is 0 Å². The minimum Gasteiger partial charge on any atom is -0.396 e. The normalized spacial score (nSPS) is 26.1. The number of nitrogens with zero attached hydrogens (tertiary/aromatic N) is 5. The fourth-order valence-electron chi connectivity index (χ4n) is 6.43. The van der Waals surface area contributed by atoms with Crippen molar-refractivity contribution in [1.29, 1.82) is 0 Å². The molecule has 0 bridgehead atoms. The molecule has 4 atom stereocenters. The summed E-state index contributed by atoms with van der Waals surface area (Å²) in [6.07, 6.45) is 11.1. The highest BCUT2D eigenvalue weighted by molar-refractivity contribution is 7.13. The molecule has 35 heavy (non-hydrogen) atoms. The Balaban J connectivity index is 1.39. The molecule has 1 saturated heterocycles. The molecule has 1 aliphatic carbocycles. The number of anilines is 1. The molecule has 6 rings (SSSR count). The third kappa shape index (κ3) is 3.89. The van der Waals surface area contributed by atoms with Crippen molar-refractivity contribution in [2.45, 2.75) is 44.3 Å². The second-order valence-electron chi connectivity index (χ2n) is 9.79. The van der Waals surface area contributed by atoms with Gasteiger partial charge in [0.1, 0.15) is 6.33 Å². The number of carbonyl (C=O) groups excluding carboxylic acids is 1. The lowest BCUT2D eigenvalue weighted by atomic mass is 9.88. The molecule has 2 aliphatic heterocycles. The van der Waals surface area contributed by atoms with E-state index in [0.29, 0.717) is 28.7 Å². The zero-order chi connectivity index (χ0) is 23.9. The van der Waals surface area contributed by atoms with Crippen molar-refractivity contribution in [3.05, 3.63) is 58.5 Å². The molecule has 0 aromatic carbocycles. The fraction of sp³-hybridized carbons (Fsp3) is 0.480. The maximum absolute atomic E-state index is 13.5. The summed E-state index contributed by atoms with van der Waals surface area (Å²) in [5.41, 5.74) is 2.09. The molecule has 0 spiro atoms. The van der Waals surface area contributed by atoms with Gasteiger partial charge < -0.3 is 15.0 Å². The molecule has 1 saturated carbocycles. The smallest absolute Gasteiger partial charge is 0.258 e. The van der Waals surface area contributed by atoms with E-state index in [2.05, 4.69) is 25.2 Å². The second-order valence-corrected chi connectivity index (χ2v) is 10.7. The van der Waals surface area contributed by atoms with E-state index in [9.17, 15) is 14.7 Å². The summed E-state index contributed by atoms with van der Waals surface area (Å²) >= 11 is 1.38. The van der Waals surface area contributed by atoms with Gasteiger partial charge >= 0.3 is 0 Å². The van der Waals surface area contributed by atoms with Crippen LogP contribution >= 0.6 is 11.3 Å². The number of hydrogen-bond acceptors (Lipinski definition) is 8. The van der Waals surface area contributed by atoms with Gasteiger partial charge in [-0.3, -0.25) is 14.5 Å². The topological polar surface area (TPSA) is 113 Å². The number of rotatable bonds is 6. The number of aliphatic hydroxyl groups excluding tert-OH is 1. The lowest BCUT2D eigenvalue weighted by Gasteiger charge is -2.32. The van der Waals surface area contributed by atoms with Crippen molar-refractivity contribution in [2.24, 2.45) is 17.8 Å².